The molecular weight excluding hydrogens is 981 g/mol. The zero-order valence-electron chi connectivity index (χ0n) is 36.0. The number of para-hydroxylation sites is 3. The molecule has 0 atom stereocenters. The fourth-order valence-electron chi connectivity index (χ4n) is 8.27. The van der Waals surface area contributed by atoms with E-state index >= 15 is 0 Å². The van der Waals surface area contributed by atoms with Crippen molar-refractivity contribution in [2.45, 2.75) is 39.9 Å². The first-order valence-electron chi connectivity index (χ1n) is 21.1. The average molecular weight is 1030 g/mol. The Morgan fingerprint density at radius 3 is 2.16 bits per heavy atom. The Balaban J connectivity index is 0.000000203. The van der Waals surface area contributed by atoms with Crippen LogP contribution in [0.15, 0.2) is 170 Å². The van der Waals surface area contributed by atoms with Gasteiger partial charge in [0.25, 0.3) is 0 Å². The summed E-state index contributed by atoms with van der Waals surface area (Å²) in [4.78, 5) is 9.88. The molecule has 10 rings (SSSR count). The van der Waals surface area contributed by atoms with Gasteiger partial charge in [-0.2, -0.15) is 11.3 Å². The van der Waals surface area contributed by atoms with Gasteiger partial charge in [0.1, 0.15) is 0 Å². The van der Waals surface area contributed by atoms with Crippen molar-refractivity contribution in [3.8, 4) is 56.7 Å². The van der Waals surface area contributed by atoms with Crippen molar-refractivity contribution >= 4 is 55.8 Å². The third kappa shape index (κ3) is 9.00. The zero-order chi connectivity index (χ0) is 42.8. The van der Waals surface area contributed by atoms with Crippen LogP contribution < -0.4 is 5.19 Å². The first-order chi connectivity index (χ1) is 30.2. The van der Waals surface area contributed by atoms with Crippen LogP contribution in [-0.2, 0) is 26.5 Å². The summed E-state index contributed by atoms with van der Waals surface area (Å²) in [5, 5.41) is 12.8. The number of fused-ring (bicyclic) bond motifs is 4. The molecule has 0 unspecified atom stereocenters. The molecule has 1 radical (unpaired) electrons. The summed E-state index contributed by atoms with van der Waals surface area (Å²) in [7, 11) is -1.40. The van der Waals surface area contributed by atoms with Crippen LogP contribution in [0, 0.1) is 29.4 Å². The third-order valence-electron chi connectivity index (χ3n) is 11.2. The first kappa shape index (κ1) is 43.4. The van der Waals surface area contributed by atoms with Crippen molar-refractivity contribution in [2.24, 2.45) is 5.92 Å². The van der Waals surface area contributed by atoms with Crippen molar-refractivity contribution in [2.75, 3.05) is 0 Å². The van der Waals surface area contributed by atoms with Gasteiger partial charge in [-0.25, -0.2) is 5.26 Å². The van der Waals surface area contributed by atoms with Crippen LogP contribution in [-0.4, -0.2) is 22.6 Å². The Hall–Kier alpha value is -6.26. The Morgan fingerprint density at radius 2 is 1.44 bits per heavy atom. The molecule has 0 bridgehead atoms. The average Bonchev–Trinajstić information content (AvgIpc) is 3.88. The molecule has 311 valence electrons. The van der Waals surface area contributed by atoms with Gasteiger partial charge in [-0.05, 0) is 79.8 Å². The molecule has 63 heavy (non-hydrogen) atoms. The van der Waals surface area contributed by atoms with Gasteiger partial charge < -0.3 is 9.55 Å². The minimum Gasteiger partial charge on any atom is -0.333 e. The van der Waals surface area contributed by atoms with Gasteiger partial charge in [-0.1, -0.05) is 159 Å². The van der Waals surface area contributed by atoms with E-state index in [9.17, 15) is 0 Å². The molecule has 0 saturated carbocycles. The second kappa shape index (κ2) is 18.6. The van der Waals surface area contributed by atoms with E-state index in [0.29, 0.717) is 11.5 Å². The Morgan fingerprint density at radius 1 is 0.730 bits per heavy atom. The van der Waals surface area contributed by atoms with Gasteiger partial charge in [0.05, 0.1) is 24.9 Å². The second-order valence-electron chi connectivity index (χ2n) is 17.1. The van der Waals surface area contributed by atoms with Crippen LogP contribution >= 0.6 is 11.3 Å². The number of aromatic nitrogens is 3. The van der Waals surface area contributed by atoms with Crippen LogP contribution in [0.2, 0.25) is 19.6 Å². The van der Waals surface area contributed by atoms with Gasteiger partial charge in [-0.15, -0.1) is 48.0 Å². The number of hydrogen-bond acceptors (Lipinski definition) is 4. The van der Waals surface area contributed by atoms with E-state index in [1.807, 2.05) is 29.5 Å². The van der Waals surface area contributed by atoms with Gasteiger partial charge >= 0.3 is 0 Å². The monoisotopic (exact) mass is 1030 g/mol. The van der Waals surface area contributed by atoms with Crippen LogP contribution in [0.1, 0.15) is 25.0 Å². The fourth-order valence-corrected chi connectivity index (χ4v) is 11.1. The molecule has 4 nitrogen and oxygen atoms in total. The quantitative estimate of drug-likeness (QED) is 0.113. The minimum atomic E-state index is -1.40. The fraction of sp³-hybridized carbons (Fsp3) is 0.125. The summed E-state index contributed by atoms with van der Waals surface area (Å²) in [6.45, 7) is 11.6. The topological polar surface area (TPSA) is 54.5 Å². The van der Waals surface area contributed by atoms with Crippen molar-refractivity contribution in [3.63, 3.8) is 0 Å². The summed E-state index contributed by atoms with van der Waals surface area (Å²) in [6.07, 6.45) is 3.14. The molecule has 0 aliphatic rings. The van der Waals surface area contributed by atoms with Crippen molar-refractivity contribution < 1.29 is 20.1 Å². The Labute approximate surface area is 388 Å². The van der Waals surface area contributed by atoms with E-state index in [1.165, 1.54) is 53.2 Å². The van der Waals surface area contributed by atoms with E-state index in [1.54, 1.807) is 6.07 Å². The van der Waals surface area contributed by atoms with E-state index in [0.717, 1.165) is 45.8 Å². The number of nitriles is 1. The molecule has 7 heteroatoms. The molecular formula is C56H46IrN4SSi-2. The van der Waals surface area contributed by atoms with Crippen molar-refractivity contribution in [1.82, 2.24) is 14.5 Å². The number of rotatable bonds is 8. The largest absolute Gasteiger partial charge is 0.333 e. The van der Waals surface area contributed by atoms with E-state index in [2.05, 4.69) is 207 Å². The van der Waals surface area contributed by atoms with Crippen molar-refractivity contribution in [3.05, 3.63) is 193 Å². The van der Waals surface area contributed by atoms with E-state index in [4.69, 9.17) is 10.2 Å². The molecule has 0 N–H and O–H groups in total. The summed E-state index contributed by atoms with van der Waals surface area (Å²) in [6, 6.07) is 65.8. The summed E-state index contributed by atoms with van der Waals surface area (Å²) in [5.41, 5.74) is 12.9. The number of thiophene rings is 1. The van der Waals surface area contributed by atoms with E-state index < -0.39 is 8.07 Å². The second-order valence-corrected chi connectivity index (χ2v) is 23.2. The smallest absolute Gasteiger partial charge is 0.0798 e. The molecule has 0 spiro atoms. The van der Waals surface area contributed by atoms with Crippen LogP contribution in [0.5, 0.6) is 0 Å². The molecule has 0 fully saturated rings. The van der Waals surface area contributed by atoms with Gasteiger partial charge in [-0.3, -0.25) is 4.98 Å². The number of nitrogens with zero attached hydrogens (tertiary/aromatic N) is 4. The van der Waals surface area contributed by atoms with Crippen LogP contribution in [0.4, 0.5) is 0 Å². The standard InChI is InChI=1S/C37H23N2S.C19H23N2Si.Ir/c1-3-12-25(13-4-1)27-22-23-29-30-17-11-18-31(36(30)40-35(29)24-27)37-38-32-19-8-10-21-34(32)39(37)33-20-9-7-16-28(33)26-14-5-2-6-15-26;1-14(2)10-17-11-18(21-13-19(17)22(3,4)5)16-8-6-15(12-20)7-9-16;/h1-17,19-24H;6-8,11,13-14H,10H2,1-5H3;/q2*-1;. The summed E-state index contributed by atoms with van der Waals surface area (Å²) >= 11 is 1.82. The summed E-state index contributed by atoms with van der Waals surface area (Å²) < 4.78 is 4.78. The van der Waals surface area contributed by atoms with Gasteiger partial charge in [0, 0.05) is 48.3 Å². The molecule has 0 aliphatic carbocycles. The Bertz CT molecular complexity index is 3230. The maximum atomic E-state index is 8.89. The maximum Gasteiger partial charge on any atom is 0.0798 e. The van der Waals surface area contributed by atoms with Gasteiger partial charge in [0.15, 0.2) is 0 Å². The van der Waals surface area contributed by atoms with E-state index in [-0.39, 0.29) is 20.1 Å². The normalized spacial score (nSPS) is 11.3. The van der Waals surface area contributed by atoms with Crippen LogP contribution in [0.25, 0.3) is 81.8 Å². The molecule has 0 saturated heterocycles. The van der Waals surface area contributed by atoms with Gasteiger partial charge in [0.2, 0.25) is 0 Å². The zero-order valence-corrected chi connectivity index (χ0v) is 40.2. The third-order valence-corrected chi connectivity index (χ3v) is 14.5. The number of hydrogen-bond donors (Lipinski definition) is 0. The number of pyridine rings is 1. The molecule has 7 aromatic carbocycles. The Kier molecular flexibility index (Phi) is 12.8. The van der Waals surface area contributed by atoms with Crippen LogP contribution in [0.3, 0.4) is 0 Å². The predicted molar refractivity (Wildman–Crippen MR) is 264 cm³/mol. The summed E-state index contributed by atoms with van der Waals surface area (Å²) in [5.74, 6) is 1.53. The number of benzene rings is 7. The predicted octanol–water partition coefficient (Wildman–Crippen LogP) is 14.4. The molecule has 10 aromatic rings. The maximum absolute atomic E-state index is 8.89. The first-order valence-corrected chi connectivity index (χ1v) is 25.4. The molecule has 3 heterocycles. The molecule has 3 aromatic heterocycles. The molecule has 0 aliphatic heterocycles. The minimum absolute atomic E-state index is 0. The number of imidazole rings is 1. The van der Waals surface area contributed by atoms with Crippen molar-refractivity contribution in [1.29, 1.82) is 5.26 Å². The molecule has 0 amide bonds. The SMILES string of the molecule is CC(C)Cc1cc(-c2[c-]cc(C#N)cc2)ncc1[Si](C)(C)C.[Ir].[c-]1ccc2c(sc3cc(-c4ccccc4)ccc32)c1-c1nc2ccccc2n1-c1ccccc1-c1ccccc1.